The van der Waals surface area contributed by atoms with Gasteiger partial charge in [0, 0.05) is 11.3 Å². The molecule has 0 fully saturated rings. The Morgan fingerprint density at radius 2 is 2.00 bits per heavy atom. The lowest BCUT2D eigenvalue weighted by Gasteiger charge is -2.05. The summed E-state index contributed by atoms with van der Waals surface area (Å²) in [5.41, 5.74) is 3.19. The molecule has 3 aromatic rings. The van der Waals surface area contributed by atoms with E-state index in [4.69, 9.17) is 12.2 Å². The number of Topliss-reactive ketones (excluding diaryl/α,β-unsaturated/α-hetero) is 1. The molecule has 0 unspecified atom stereocenters. The Hall–Kier alpha value is -2.29. The smallest absolute Gasteiger partial charge is 0.234 e. The minimum Gasteiger partial charge on any atom is -0.325 e. The van der Waals surface area contributed by atoms with E-state index in [9.17, 15) is 9.59 Å². The molecule has 0 aliphatic heterocycles. The summed E-state index contributed by atoms with van der Waals surface area (Å²) < 4.78 is 3.10. The highest BCUT2D eigenvalue weighted by Crippen LogP contribution is 2.25. The molecule has 5 nitrogen and oxygen atoms in total. The van der Waals surface area contributed by atoms with Crippen molar-refractivity contribution in [2.45, 2.75) is 18.2 Å². The summed E-state index contributed by atoms with van der Waals surface area (Å²) in [5, 5.41) is 7.33. The van der Waals surface area contributed by atoms with E-state index in [1.807, 2.05) is 31.2 Å². The molecule has 0 aliphatic rings. The number of aromatic nitrogens is 2. The molecule has 1 N–H and O–H groups in total. The maximum absolute atomic E-state index is 12.2. The van der Waals surface area contributed by atoms with Crippen molar-refractivity contribution in [3.8, 4) is 5.69 Å². The first-order chi connectivity index (χ1) is 12.9. The van der Waals surface area contributed by atoms with Gasteiger partial charge in [0.25, 0.3) is 0 Å². The molecule has 1 aromatic heterocycles. The molecule has 138 valence electrons. The van der Waals surface area contributed by atoms with E-state index in [0.29, 0.717) is 15.2 Å². The molecule has 3 rings (SSSR count). The Kier molecular flexibility index (Phi) is 6.20. The molecule has 0 aliphatic carbocycles. The van der Waals surface area contributed by atoms with Crippen molar-refractivity contribution in [2.75, 3.05) is 11.1 Å². The van der Waals surface area contributed by atoms with Crippen molar-refractivity contribution in [3.05, 3.63) is 63.6 Å². The van der Waals surface area contributed by atoms with E-state index in [2.05, 4.69) is 10.4 Å². The van der Waals surface area contributed by atoms with Crippen molar-refractivity contribution in [1.82, 2.24) is 9.78 Å². The van der Waals surface area contributed by atoms with E-state index < -0.39 is 0 Å². The van der Waals surface area contributed by atoms with Gasteiger partial charge in [-0.2, -0.15) is 0 Å². The van der Waals surface area contributed by atoms with Crippen LogP contribution in [0.1, 0.15) is 22.8 Å². The molecular formula is C19H17N3O2S3. The topological polar surface area (TPSA) is 64.0 Å². The van der Waals surface area contributed by atoms with Crippen molar-refractivity contribution in [2.24, 2.45) is 0 Å². The van der Waals surface area contributed by atoms with Crippen LogP contribution < -0.4 is 5.32 Å². The van der Waals surface area contributed by atoms with Gasteiger partial charge in [0.1, 0.15) is 0 Å². The summed E-state index contributed by atoms with van der Waals surface area (Å²) >= 11 is 8.12. The zero-order valence-corrected chi connectivity index (χ0v) is 17.2. The van der Waals surface area contributed by atoms with Crippen LogP contribution in [-0.4, -0.2) is 27.2 Å². The van der Waals surface area contributed by atoms with Gasteiger partial charge in [-0.15, -0.1) is 5.10 Å². The molecule has 2 aromatic carbocycles. The molecule has 0 atom stereocenters. The fourth-order valence-corrected chi connectivity index (χ4v) is 4.56. The van der Waals surface area contributed by atoms with Gasteiger partial charge in [0.15, 0.2) is 14.1 Å². The Labute approximate surface area is 170 Å². The average Bonchev–Trinajstić information content (AvgIpc) is 3.01. The van der Waals surface area contributed by atoms with Crippen LogP contribution in [0.5, 0.6) is 0 Å². The lowest BCUT2D eigenvalue weighted by Crippen LogP contribution is -2.14. The molecule has 0 radical (unpaired) electrons. The number of thioether (sulfide) groups is 1. The third-order valence-corrected chi connectivity index (χ3v) is 6.12. The number of carbonyl (C=O) groups is 2. The van der Waals surface area contributed by atoms with Crippen LogP contribution in [0.25, 0.3) is 5.69 Å². The van der Waals surface area contributed by atoms with Gasteiger partial charge in [-0.3, -0.25) is 9.59 Å². The van der Waals surface area contributed by atoms with Gasteiger partial charge < -0.3 is 5.32 Å². The summed E-state index contributed by atoms with van der Waals surface area (Å²) in [5.74, 6) is 0.00615. The van der Waals surface area contributed by atoms with E-state index in [1.54, 1.807) is 28.9 Å². The normalized spacial score (nSPS) is 10.6. The Morgan fingerprint density at radius 1 is 1.22 bits per heavy atom. The van der Waals surface area contributed by atoms with Crippen LogP contribution in [-0.2, 0) is 4.79 Å². The second-order valence-corrected chi connectivity index (χ2v) is 8.65. The van der Waals surface area contributed by atoms with E-state index >= 15 is 0 Å². The highest BCUT2D eigenvalue weighted by Gasteiger charge is 2.11. The number of hydrogen-bond acceptors (Lipinski definition) is 6. The number of ketones is 1. The van der Waals surface area contributed by atoms with Gasteiger partial charge in [-0.25, -0.2) is 4.68 Å². The predicted octanol–water partition coefficient (Wildman–Crippen LogP) is 4.91. The van der Waals surface area contributed by atoms with Gasteiger partial charge in [0.05, 0.1) is 11.4 Å². The quantitative estimate of drug-likeness (QED) is 0.352. The number of nitrogens with one attached hydrogen (secondary N) is 1. The molecule has 0 bridgehead atoms. The summed E-state index contributed by atoms with van der Waals surface area (Å²) in [6.45, 7) is 3.50. The fraction of sp³-hybridized carbons (Fsp3) is 0.158. The number of rotatable bonds is 6. The minimum atomic E-state index is -0.163. The largest absolute Gasteiger partial charge is 0.325 e. The Bertz CT molecular complexity index is 1060. The molecule has 8 heteroatoms. The summed E-state index contributed by atoms with van der Waals surface area (Å²) in [6, 6.07) is 14.8. The highest BCUT2D eigenvalue weighted by molar-refractivity contribution is 8.01. The summed E-state index contributed by atoms with van der Waals surface area (Å²) in [6.07, 6.45) is 0. The zero-order chi connectivity index (χ0) is 19.4. The number of nitrogens with zero attached hydrogens (tertiary/aromatic N) is 2. The number of para-hydroxylation sites is 1. The Balaban J connectivity index is 1.65. The van der Waals surface area contributed by atoms with Crippen molar-refractivity contribution in [3.63, 3.8) is 0 Å². The fourth-order valence-electron chi connectivity index (χ4n) is 2.41. The molecule has 1 amide bonds. The molecule has 0 saturated carbocycles. The molecule has 0 spiro atoms. The molecular weight excluding hydrogens is 398 g/mol. The van der Waals surface area contributed by atoms with Crippen LogP contribution in [0.15, 0.2) is 52.9 Å². The predicted molar refractivity (Wildman–Crippen MR) is 113 cm³/mol. The first kappa shape index (κ1) is 19.5. The van der Waals surface area contributed by atoms with Crippen molar-refractivity contribution >= 4 is 52.7 Å². The average molecular weight is 416 g/mol. The second kappa shape index (κ2) is 8.60. The molecule has 0 saturated heterocycles. The number of anilines is 1. The number of benzene rings is 2. The SMILES string of the molecule is CC(=O)c1cccc(NC(=O)CSc2nn(-c3ccccc3C)c(=S)s2)c1. The highest BCUT2D eigenvalue weighted by atomic mass is 32.2. The number of aryl methyl sites for hydroxylation is 1. The third kappa shape index (κ3) is 4.91. The number of carbonyl (C=O) groups excluding carboxylic acids is 2. The first-order valence-electron chi connectivity index (χ1n) is 8.14. The Morgan fingerprint density at radius 3 is 2.74 bits per heavy atom. The van der Waals surface area contributed by atoms with Crippen LogP contribution >= 0.6 is 35.3 Å². The van der Waals surface area contributed by atoms with Crippen LogP contribution in [0, 0.1) is 10.9 Å². The minimum absolute atomic E-state index is 0.0398. The van der Waals surface area contributed by atoms with Crippen LogP contribution in [0.4, 0.5) is 5.69 Å². The monoisotopic (exact) mass is 415 g/mol. The lowest BCUT2D eigenvalue weighted by molar-refractivity contribution is -0.113. The lowest BCUT2D eigenvalue weighted by atomic mass is 10.1. The van der Waals surface area contributed by atoms with Gasteiger partial charge in [-0.05, 0) is 49.8 Å². The van der Waals surface area contributed by atoms with Crippen molar-refractivity contribution in [1.29, 1.82) is 0 Å². The van der Waals surface area contributed by atoms with Gasteiger partial charge in [-0.1, -0.05) is 53.4 Å². The van der Waals surface area contributed by atoms with Crippen LogP contribution in [0.2, 0.25) is 0 Å². The summed E-state index contributed by atoms with van der Waals surface area (Å²) in [7, 11) is 0. The second-order valence-electron chi connectivity index (χ2n) is 5.81. The molecule has 1 heterocycles. The van der Waals surface area contributed by atoms with Gasteiger partial charge >= 0.3 is 0 Å². The summed E-state index contributed by atoms with van der Waals surface area (Å²) in [4.78, 5) is 23.6. The zero-order valence-electron chi connectivity index (χ0n) is 14.8. The maximum atomic E-state index is 12.2. The van der Waals surface area contributed by atoms with E-state index in [1.165, 1.54) is 30.0 Å². The number of amides is 1. The third-order valence-electron chi connectivity index (χ3n) is 3.75. The first-order valence-corrected chi connectivity index (χ1v) is 10.3. The standard InChI is InChI=1S/C19H17N3O2S3/c1-12-6-3-4-9-16(12)22-19(25)27-18(21-22)26-11-17(24)20-15-8-5-7-14(10-15)13(2)23/h3-10H,11H2,1-2H3,(H,20,24). The van der Waals surface area contributed by atoms with E-state index in [-0.39, 0.29) is 17.4 Å². The van der Waals surface area contributed by atoms with Crippen LogP contribution in [0.3, 0.4) is 0 Å². The number of hydrogen-bond donors (Lipinski definition) is 1. The maximum Gasteiger partial charge on any atom is 0.234 e. The van der Waals surface area contributed by atoms with Gasteiger partial charge in [0.2, 0.25) is 5.91 Å². The van der Waals surface area contributed by atoms with E-state index in [0.717, 1.165) is 15.6 Å². The molecule has 27 heavy (non-hydrogen) atoms. The van der Waals surface area contributed by atoms with Crippen molar-refractivity contribution < 1.29 is 9.59 Å².